The lowest BCUT2D eigenvalue weighted by Crippen LogP contribution is -2.23. The Kier molecular flexibility index (Phi) is 6.64. The fraction of sp³-hybridized carbons (Fsp3) is 0.444. The summed E-state index contributed by atoms with van der Waals surface area (Å²) in [6.45, 7) is 9.08. The minimum absolute atomic E-state index is 0.0123. The largest absolute Gasteiger partial charge is 0.356 e. The standard InChI is InChI=1S/C18H24N6OS/c1-12(25)20-7-5-8-21-17-22-9-6-14(23-17)13(10-19)16-24-15(11-26-16)18(2,3)4/h6,9,11,24H,5,7-8H2,1-4H3,(H,20,25)(H,21,22,23). The number of rotatable bonds is 6. The molecule has 0 saturated carbocycles. The van der Waals surface area contributed by atoms with Crippen LogP contribution in [0.15, 0.2) is 28.4 Å². The van der Waals surface area contributed by atoms with E-state index in [1.165, 1.54) is 18.7 Å². The maximum atomic E-state index is 10.8. The van der Waals surface area contributed by atoms with Gasteiger partial charge in [0.1, 0.15) is 11.6 Å². The molecule has 0 atom stereocenters. The third-order valence-corrected chi connectivity index (χ3v) is 4.51. The van der Waals surface area contributed by atoms with Gasteiger partial charge in [0.25, 0.3) is 0 Å². The van der Waals surface area contributed by atoms with Gasteiger partial charge in [0.05, 0.1) is 10.7 Å². The van der Waals surface area contributed by atoms with Gasteiger partial charge in [0.15, 0.2) is 0 Å². The van der Waals surface area contributed by atoms with E-state index in [-0.39, 0.29) is 11.3 Å². The summed E-state index contributed by atoms with van der Waals surface area (Å²) in [5.41, 5.74) is 2.14. The Morgan fingerprint density at radius 3 is 2.77 bits per heavy atom. The van der Waals surface area contributed by atoms with Crippen molar-refractivity contribution in [1.82, 2.24) is 20.6 Å². The van der Waals surface area contributed by atoms with Gasteiger partial charge in [-0.3, -0.25) is 4.79 Å². The number of anilines is 1. The van der Waals surface area contributed by atoms with Crippen LogP contribution in [0.2, 0.25) is 0 Å². The third kappa shape index (κ3) is 5.49. The molecule has 2 rings (SSSR count). The summed E-state index contributed by atoms with van der Waals surface area (Å²) in [5.74, 6) is 0.420. The van der Waals surface area contributed by atoms with E-state index in [4.69, 9.17) is 0 Å². The molecule has 8 heteroatoms. The number of nitrogens with zero attached hydrogens (tertiary/aromatic N) is 3. The minimum atomic E-state index is -0.0432. The monoisotopic (exact) mass is 372 g/mol. The van der Waals surface area contributed by atoms with Gasteiger partial charge in [-0.2, -0.15) is 5.26 Å². The molecule has 3 N–H and O–H groups in total. The molecule has 0 aliphatic carbocycles. The Balaban J connectivity index is 2.05. The summed E-state index contributed by atoms with van der Waals surface area (Å²) in [6.07, 6.45) is 2.39. The molecule has 26 heavy (non-hydrogen) atoms. The van der Waals surface area contributed by atoms with Crippen molar-refractivity contribution in [2.75, 3.05) is 18.4 Å². The highest BCUT2D eigenvalue weighted by molar-refractivity contribution is 8.06. The highest BCUT2D eigenvalue weighted by atomic mass is 32.2. The first-order valence-corrected chi connectivity index (χ1v) is 9.29. The molecule has 7 nitrogen and oxygen atoms in total. The summed E-state index contributed by atoms with van der Waals surface area (Å²) in [6, 6.07) is 3.97. The van der Waals surface area contributed by atoms with Gasteiger partial charge >= 0.3 is 0 Å². The topological polar surface area (TPSA) is 103 Å². The van der Waals surface area contributed by atoms with E-state index in [0.29, 0.717) is 30.3 Å². The highest BCUT2D eigenvalue weighted by Crippen LogP contribution is 2.37. The first-order chi connectivity index (χ1) is 12.3. The molecule has 0 bridgehead atoms. The maximum absolute atomic E-state index is 10.8. The molecule has 138 valence electrons. The first-order valence-electron chi connectivity index (χ1n) is 8.41. The number of thioether (sulfide) groups is 1. The number of amides is 1. The number of allylic oxidation sites excluding steroid dienone is 2. The zero-order valence-corrected chi connectivity index (χ0v) is 16.3. The zero-order chi connectivity index (χ0) is 19.2. The number of carbonyl (C=O) groups excluding carboxylic acids is 1. The van der Waals surface area contributed by atoms with Crippen molar-refractivity contribution >= 4 is 29.2 Å². The van der Waals surface area contributed by atoms with E-state index in [2.05, 4.69) is 52.8 Å². The molecule has 0 aromatic carbocycles. The van der Waals surface area contributed by atoms with Gasteiger partial charge < -0.3 is 16.0 Å². The second-order valence-electron chi connectivity index (χ2n) is 6.87. The molecule has 0 saturated heterocycles. The Hall–Kier alpha value is -2.53. The van der Waals surface area contributed by atoms with E-state index < -0.39 is 0 Å². The van der Waals surface area contributed by atoms with Crippen LogP contribution >= 0.6 is 11.8 Å². The number of carbonyl (C=O) groups is 1. The van der Waals surface area contributed by atoms with Gasteiger partial charge in [-0.15, -0.1) is 0 Å². The lowest BCUT2D eigenvalue weighted by Gasteiger charge is -2.20. The lowest BCUT2D eigenvalue weighted by atomic mass is 9.93. The van der Waals surface area contributed by atoms with Gasteiger partial charge in [-0.1, -0.05) is 32.5 Å². The van der Waals surface area contributed by atoms with Crippen LogP contribution in [0, 0.1) is 16.7 Å². The van der Waals surface area contributed by atoms with Crippen molar-refractivity contribution in [3.8, 4) is 6.07 Å². The van der Waals surface area contributed by atoms with Crippen LogP contribution in [0.3, 0.4) is 0 Å². The summed E-state index contributed by atoms with van der Waals surface area (Å²) in [5, 5.41) is 21.6. The van der Waals surface area contributed by atoms with E-state index in [1.54, 1.807) is 12.3 Å². The first kappa shape index (κ1) is 19.8. The Morgan fingerprint density at radius 2 is 2.15 bits per heavy atom. The number of hydrogen-bond acceptors (Lipinski definition) is 7. The predicted molar refractivity (Wildman–Crippen MR) is 105 cm³/mol. The van der Waals surface area contributed by atoms with Crippen LogP contribution in [0.25, 0.3) is 5.57 Å². The average molecular weight is 372 g/mol. The molecule has 1 aliphatic rings. The van der Waals surface area contributed by atoms with Gasteiger partial charge in [0.2, 0.25) is 11.9 Å². The van der Waals surface area contributed by atoms with E-state index in [0.717, 1.165) is 17.1 Å². The molecule has 0 unspecified atom stereocenters. The van der Waals surface area contributed by atoms with Crippen LogP contribution < -0.4 is 16.0 Å². The zero-order valence-electron chi connectivity index (χ0n) is 15.5. The van der Waals surface area contributed by atoms with Crippen molar-refractivity contribution in [2.45, 2.75) is 34.1 Å². The molecule has 0 fully saturated rings. The maximum Gasteiger partial charge on any atom is 0.223 e. The molecule has 1 amide bonds. The minimum Gasteiger partial charge on any atom is -0.356 e. The van der Waals surface area contributed by atoms with Crippen LogP contribution in [0.1, 0.15) is 39.8 Å². The van der Waals surface area contributed by atoms with Crippen molar-refractivity contribution in [3.63, 3.8) is 0 Å². The molecule has 2 heterocycles. The predicted octanol–water partition coefficient (Wildman–Crippen LogP) is 2.83. The normalized spacial score (nSPS) is 15.6. The summed E-state index contributed by atoms with van der Waals surface area (Å²) in [4.78, 5) is 19.5. The van der Waals surface area contributed by atoms with Crippen LogP contribution in [0.4, 0.5) is 5.95 Å². The van der Waals surface area contributed by atoms with Gasteiger partial charge in [-0.05, 0) is 17.9 Å². The SMILES string of the molecule is CC(=O)NCCCNc1nccc(C(C#N)=C2NC(C(C)(C)C)=CS2)n1. The van der Waals surface area contributed by atoms with Crippen LogP contribution in [-0.4, -0.2) is 29.0 Å². The smallest absolute Gasteiger partial charge is 0.223 e. The lowest BCUT2D eigenvalue weighted by molar-refractivity contribution is -0.118. The van der Waals surface area contributed by atoms with Gasteiger partial charge in [-0.25, -0.2) is 9.97 Å². The van der Waals surface area contributed by atoms with Crippen molar-refractivity contribution < 1.29 is 4.79 Å². The Morgan fingerprint density at radius 1 is 1.38 bits per heavy atom. The number of nitriles is 1. The summed E-state index contributed by atoms with van der Waals surface area (Å²) < 4.78 is 0. The molecule has 1 aromatic rings. The fourth-order valence-electron chi connectivity index (χ4n) is 2.15. The molecule has 0 spiro atoms. The Labute approximate surface area is 158 Å². The molecular formula is C18H24N6OS. The van der Waals surface area contributed by atoms with Gasteiger partial charge in [0, 0.05) is 37.3 Å². The number of nitrogens with one attached hydrogen (secondary N) is 3. The quantitative estimate of drug-likeness (QED) is 0.521. The van der Waals surface area contributed by atoms with E-state index in [9.17, 15) is 10.1 Å². The second kappa shape index (κ2) is 8.72. The molecule has 1 aliphatic heterocycles. The Bertz CT molecular complexity index is 773. The van der Waals surface area contributed by atoms with Crippen LogP contribution in [-0.2, 0) is 4.79 Å². The van der Waals surface area contributed by atoms with Crippen molar-refractivity contribution in [3.05, 3.63) is 34.1 Å². The molecule has 1 aromatic heterocycles. The van der Waals surface area contributed by atoms with Crippen molar-refractivity contribution in [1.29, 1.82) is 5.26 Å². The van der Waals surface area contributed by atoms with Crippen molar-refractivity contribution in [2.24, 2.45) is 5.41 Å². The summed E-state index contributed by atoms with van der Waals surface area (Å²) in [7, 11) is 0. The van der Waals surface area contributed by atoms with Crippen LogP contribution in [0.5, 0.6) is 0 Å². The average Bonchev–Trinajstić information content (AvgIpc) is 3.05. The number of hydrogen-bond donors (Lipinski definition) is 3. The fourth-order valence-corrected chi connectivity index (χ4v) is 3.23. The summed E-state index contributed by atoms with van der Waals surface area (Å²) >= 11 is 1.50. The molecule has 0 radical (unpaired) electrons. The number of aromatic nitrogens is 2. The van der Waals surface area contributed by atoms with E-state index in [1.807, 2.05) is 5.41 Å². The highest BCUT2D eigenvalue weighted by Gasteiger charge is 2.25. The third-order valence-electron chi connectivity index (χ3n) is 3.61. The second-order valence-corrected chi connectivity index (χ2v) is 7.75. The van der Waals surface area contributed by atoms with E-state index >= 15 is 0 Å². The molecular weight excluding hydrogens is 348 g/mol.